The minimum Gasteiger partial charge on any atom is -0.486 e. The summed E-state index contributed by atoms with van der Waals surface area (Å²) in [5.74, 6) is -3.15. The number of sulfonamides is 1. The largest absolute Gasteiger partial charge is 0.486 e. The molecule has 1 aliphatic heterocycles. The summed E-state index contributed by atoms with van der Waals surface area (Å²) < 4.78 is 74.5. The van der Waals surface area contributed by atoms with Crippen molar-refractivity contribution in [3.05, 3.63) is 52.5 Å². The number of ether oxygens (including phenoxy) is 1. The van der Waals surface area contributed by atoms with Gasteiger partial charge in [-0.25, -0.2) is 8.42 Å². The van der Waals surface area contributed by atoms with Crippen molar-refractivity contribution in [2.75, 3.05) is 10.8 Å². The smallest absolute Gasteiger partial charge is 0.416 e. The van der Waals surface area contributed by atoms with Crippen LogP contribution in [0.5, 0.6) is 5.75 Å². The van der Waals surface area contributed by atoms with Crippen LogP contribution in [-0.4, -0.2) is 43.2 Å². The summed E-state index contributed by atoms with van der Waals surface area (Å²) in [4.78, 5) is 23.1. The van der Waals surface area contributed by atoms with Gasteiger partial charge in [-0.3, -0.25) is 13.9 Å². The number of nitrogens with zero attached hydrogens (tertiary/aromatic N) is 1. The van der Waals surface area contributed by atoms with Gasteiger partial charge in [0.25, 0.3) is 10.0 Å². The van der Waals surface area contributed by atoms with Crippen molar-refractivity contribution in [2.24, 2.45) is 16.7 Å². The van der Waals surface area contributed by atoms with Gasteiger partial charge in [-0.1, -0.05) is 35.8 Å². The number of halogens is 4. The Morgan fingerprint density at radius 1 is 1.14 bits per heavy atom. The molecule has 0 radical (unpaired) electrons. The molecule has 8 nitrogen and oxygen atoms in total. The van der Waals surface area contributed by atoms with Crippen LogP contribution in [0.25, 0.3) is 0 Å². The Bertz CT molecular complexity index is 1360. The average molecular weight is 606 g/mol. The van der Waals surface area contributed by atoms with E-state index >= 15 is 0 Å². The van der Waals surface area contributed by atoms with Crippen molar-refractivity contribution >= 4 is 43.6 Å². The first-order chi connectivity index (χ1) is 17.0. The molecule has 2 aliphatic rings. The van der Waals surface area contributed by atoms with E-state index < -0.39 is 61.4 Å². The van der Waals surface area contributed by atoms with Crippen LogP contribution in [0.1, 0.15) is 32.3 Å². The van der Waals surface area contributed by atoms with Gasteiger partial charge < -0.3 is 14.9 Å². The molecule has 0 bridgehead atoms. The lowest BCUT2D eigenvalue weighted by atomic mass is 9.44. The molecular formula is C24H23BrF3NO7S. The molecule has 2 unspecified atom stereocenters. The zero-order valence-electron chi connectivity index (χ0n) is 19.6. The molecule has 1 fully saturated rings. The van der Waals surface area contributed by atoms with Gasteiger partial charge in [-0.15, -0.1) is 0 Å². The fourth-order valence-electron chi connectivity index (χ4n) is 5.21. The lowest BCUT2D eigenvalue weighted by Gasteiger charge is -2.57. The van der Waals surface area contributed by atoms with Gasteiger partial charge in [-0.05, 0) is 60.6 Å². The molecule has 1 saturated carbocycles. The molecule has 1 heterocycles. The van der Waals surface area contributed by atoms with Crippen LogP contribution < -0.4 is 9.04 Å². The molecule has 200 valence electrons. The van der Waals surface area contributed by atoms with E-state index in [0.29, 0.717) is 10.5 Å². The van der Waals surface area contributed by atoms with Gasteiger partial charge >= 0.3 is 18.1 Å². The predicted octanol–water partition coefficient (Wildman–Crippen LogP) is 5.02. The minimum atomic E-state index is -4.74. The number of alkyl halides is 3. The van der Waals surface area contributed by atoms with Crippen LogP contribution in [0.3, 0.4) is 0 Å². The summed E-state index contributed by atoms with van der Waals surface area (Å²) in [6, 6.07) is 8.06. The minimum absolute atomic E-state index is 0.126. The molecule has 0 aromatic heterocycles. The van der Waals surface area contributed by atoms with E-state index in [1.807, 2.05) is 0 Å². The van der Waals surface area contributed by atoms with E-state index in [-0.39, 0.29) is 30.8 Å². The molecule has 1 aliphatic carbocycles. The van der Waals surface area contributed by atoms with Crippen LogP contribution in [0.4, 0.5) is 18.9 Å². The molecular weight excluding hydrogens is 583 g/mol. The summed E-state index contributed by atoms with van der Waals surface area (Å²) >= 11 is 3.27. The van der Waals surface area contributed by atoms with Crippen molar-refractivity contribution in [3.63, 3.8) is 0 Å². The third-order valence-corrected chi connectivity index (χ3v) is 9.82. The highest BCUT2D eigenvalue weighted by atomic mass is 79.9. The predicted molar refractivity (Wildman–Crippen MR) is 129 cm³/mol. The number of benzene rings is 2. The van der Waals surface area contributed by atoms with Crippen LogP contribution in [-0.2, 0) is 25.8 Å². The van der Waals surface area contributed by atoms with E-state index in [1.165, 1.54) is 26.0 Å². The van der Waals surface area contributed by atoms with E-state index in [1.54, 1.807) is 6.07 Å². The summed E-state index contributed by atoms with van der Waals surface area (Å²) in [6.07, 6.45) is -5.58. The van der Waals surface area contributed by atoms with Crippen LogP contribution >= 0.6 is 15.9 Å². The molecule has 13 heteroatoms. The SMILES string of the molecule is CC1(C)C(CC2CN(S(=O)(=O)c3cccc(C(F)(F)F)c3)c3cc(Br)ccc3O2)CC1(C(=O)O)C(=O)O. The van der Waals surface area contributed by atoms with Gasteiger partial charge in [0.15, 0.2) is 5.41 Å². The number of anilines is 1. The highest BCUT2D eigenvalue weighted by Gasteiger charge is 2.69. The maximum absolute atomic E-state index is 13.6. The van der Waals surface area contributed by atoms with Crippen molar-refractivity contribution in [3.8, 4) is 5.75 Å². The lowest BCUT2D eigenvalue weighted by Crippen LogP contribution is -2.64. The number of carboxylic acids is 2. The number of carbonyl (C=O) groups is 2. The van der Waals surface area contributed by atoms with Gasteiger partial charge in [-0.2, -0.15) is 13.2 Å². The zero-order valence-corrected chi connectivity index (χ0v) is 22.0. The first-order valence-corrected chi connectivity index (χ1v) is 13.4. The third-order valence-electron chi connectivity index (χ3n) is 7.55. The van der Waals surface area contributed by atoms with Gasteiger partial charge in [0.2, 0.25) is 0 Å². The second kappa shape index (κ2) is 8.90. The van der Waals surface area contributed by atoms with Gasteiger partial charge in [0.05, 0.1) is 22.7 Å². The number of fused-ring (bicyclic) bond motifs is 1. The van der Waals surface area contributed by atoms with E-state index in [0.717, 1.165) is 22.5 Å². The molecule has 4 rings (SSSR count). The van der Waals surface area contributed by atoms with Gasteiger partial charge in [0, 0.05) is 4.47 Å². The van der Waals surface area contributed by atoms with Crippen molar-refractivity contribution in [2.45, 2.75) is 43.9 Å². The quantitative estimate of drug-likeness (QED) is 0.444. The van der Waals surface area contributed by atoms with Crippen molar-refractivity contribution in [1.82, 2.24) is 0 Å². The molecule has 2 aromatic carbocycles. The molecule has 0 amide bonds. The Labute approximate surface area is 219 Å². The topological polar surface area (TPSA) is 121 Å². The van der Waals surface area contributed by atoms with E-state index in [9.17, 15) is 41.4 Å². The van der Waals surface area contributed by atoms with Crippen molar-refractivity contribution < 1.29 is 46.1 Å². The Hall–Kier alpha value is -2.80. The van der Waals surface area contributed by atoms with Gasteiger partial charge in [0.1, 0.15) is 11.9 Å². The molecule has 2 aromatic rings. The first-order valence-electron chi connectivity index (χ1n) is 11.1. The summed E-state index contributed by atoms with van der Waals surface area (Å²) in [6.45, 7) is 2.81. The maximum Gasteiger partial charge on any atom is 0.416 e. The highest BCUT2D eigenvalue weighted by Crippen LogP contribution is 2.62. The molecule has 2 N–H and O–H groups in total. The Morgan fingerprint density at radius 3 is 2.35 bits per heavy atom. The van der Waals surface area contributed by atoms with Crippen LogP contribution in [0.2, 0.25) is 0 Å². The number of carboxylic acid groups (broad SMARTS) is 2. The number of hydrogen-bond donors (Lipinski definition) is 2. The first kappa shape index (κ1) is 27.2. The Kier molecular flexibility index (Phi) is 6.55. The fourth-order valence-corrected chi connectivity index (χ4v) is 7.11. The molecule has 0 saturated heterocycles. The molecule has 2 atom stereocenters. The Balaban J connectivity index is 1.69. The zero-order chi connectivity index (χ0) is 27.6. The second-order valence-electron chi connectivity index (χ2n) is 9.79. The number of hydrogen-bond acceptors (Lipinski definition) is 5. The lowest BCUT2D eigenvalue weighted by molar-refractivity contribution is -0.203. The molecule has 37 heavy (non-hydrogen) atoms. The number of rotatable bonds is 6. The Morgan fingerprint density at radius 2 is 1.78 bits per heavy atom. The van der Waals surface area contributed by atoms with Crippen LogP contribution in [0, 0.1) is 16.7 Å². The number of aliphatic carboxylic acids is 2. The monoisotopic (exact) mass is 605 g/mol. The average Bonchev–Trinajstić information content (AvgIpc) is 2.80. The molecule has 0 spiro atoms. The van der Waals surface area contributed by atoms with E-state index in [2.05, 4.69) is 15.9 Å². The summed E-state index contributed by atoms with van der Waals surface area (Å²) in [5.41, 5.74) is -4.14. The van der Waals surface area contributed by atoms with Crippen molar-refractivity contribution in [1.29, 1.82) is 0 Å². The van der Waals surface area contributed by atoms with E-state index in [4.69, 9.17) is 4.74 Å². The summed E-state index contributed by atoms with van der Waals surface area (Å²) in [7, 11) is -4.47. The maximum atomic E-state index is 13.6. The fraction of sp³-hybridized carbons (Fsp3) is 0.417. The second-order valence-corrected chi connectivity index (χ2v) is 12.6. The summed E-state index contributed by atoms with van der Waals surface area (Å²) in [5, 5.41) is 19.3. The standard InChI is InChI=1S/C24H23BrF3NO7S/c1-22(2)14(11-23(22,20(30)31)21(32)33)8-16-12-29(18-10-15(25)6-7-19(18)36-16)37(34,35)17-5-3-4-13(9-17)24(26,27)28/h3-7,9-10,14,16H,8,11-12H2,1-2H3,(H,30,31)(H,32,33). The third kappa shape index (κ3) is 4.35. The van der Waals surface area contributed by atoms with Crippen LogP contribution in [0.15, 0.2) is 51.8 Å². The highest BCUT2D eigenvalue weighted by molar-refractivity contribution is 9.10. The normalized spacial score (nSPS) is 22.4.